The van der Waals surface area contributed by atoms with E-state index in [1.807, 2.05) is 13.1 Å². The molecule has 1 aliphatic rings. The molecule has 0 bridgehead atoms. The van der Waals surface area contributed by atoms with Crippen molar-refractivity contribution in [3.8, 4) is 0 Å². The molecule has 0 saturated carbocycles. The molecule has 1 aliphatic heterocycles. The maximum absolute atomic E-state index is 11.6. The molecule has 0 saturated heterocycles. The van der Waals surface area contributed by atoms with Gasteiger partial charge in [-0.1, -0.05) is 32.0 Å². The van der Waals surface area contributed by atoms with Crippen molar-refractivity contribution >= 4 is 17.7 Å². The van der Waals surface area contributed by atoms with E-state index in [0.717, 1.165) is 19.3 Å². The van der Waals surface area contributed by atoms with E-state index in [0.29, 0.717) is 6.42 Å². The van der Waals surface area contributed by atoms with Crippen molar-refractivity contribution < 1.29 is 4.79 Å². The fourth-order valence-corrected chi connectivity index (χ4v) is 2.50. The molecule has 1 atom stereocenters. The Morgan fingerprint density at radius 3 is 2.86 bits per heavy atom. The summed E-state index contributed by atoms with van der Waals surface area (Å²) >= 11 is 1.60. The Morgan fingerprint density at radius 2 is 2.29 bits per heavy atom. The molecule has 80 valence electrons. The molecule has 0 aromatic carbocycles. The standard InChI is InChI=1S/C10H18N2OS/c1-3-5-8-7-12(10(11)14-8)9(13)6-4-2/h7,10H,3-6,11H2,1-2H3. The summed E-state index contributed by atoms with van der Waals surface area (Å²) < 4.78 is 0. The van der Waals surface area contributed by atoms with Crippen LogP contribution in [0.5, 0.6) is 0 Å². The van der Waals surface area contributed by atoms with Crippen molar-refractivity contribution in [3.05, 3.63) is 11.1 Å². The maximum Gasteiger partial charge on any atom is 0.228 e. The average Bonchev–Trinajstić information content (AvgIpc) is 2.48. The number of amides is 1. The molecule has 0 aromatic rings. The second-order valence-corrected chi connectivity index (χ2v) is 4.65. The first-order valence-corrected chi connectivity index (χ1v) is 6.01. The highest BCUT2D eigenvalue weighted by Crippen LogP contribution is 2.33. The third-order valence-electron chi connectivity index (χ3n) is 2.08. The van der Waals surface area contributed by atoms with Gasteiger partial charge in [0, 0.05) is 17.5 Å². The van der Waals surface area contributed by atoms with Crippen molar-refractivity contribution in [3.63, 3.8) is 0 Å². The SMILES string of the molecule is CCCC(=O)N1C=C(CCC)SC1N. The zero-order valence-corrected chi connectivity index (χ0v) is 9.64. The second kappa shape index (κ2) is 5.41. The predicted octanol–water partition coefficient (Wildman–Crippen LogP) is 2.25. The molecule has 3 nitrogen and oxygen atoms in total. The summed E-state index contributed by atoms with van der Waals surface area (Å²) in [7, 11) is 0. The number of hydrogen-bond acceptors (Lipinski definition) is 3. The van der Waals surface area contributed by atoms with E-state index in [9.17, 15) is 4.79 Å². The number of rotatable bonds is 4. The van der Waals surface area contributed by atoms with Gasteiger partial charge in [-0.25, -0.2) is 0 Å². The van der Waals surface area contributed by atoms with Crippen molar-refractivity contribution in [1.29, 1.82) is 0 Å². The van der Waals surface area contributed by atoms with Gasteiger partial charge in [-0.15, -0.1) is 0 Å². The lowest BCUT2D eigenvalue weighted by molar-refractivity contribution is -0.129. The highest BCUT2D eigenvalue weighted by Gasteiger charge is 2.25. The lowest BCUT2D eigenvalue weighted by Gasteiger charge is -2.18. The van der Waals surface area contributed by atoms with E-state index in [4.69, 9.17) is 5.73 Å². The first-order chi connectivity index (χ1) is 6.69. The molecule has 0 fully saturated rings. The lowest BCUT2D eigenvalue weighted by Crippen LogP contribution is -2.36. The number of nitrogens with zero attached hydrogens (tertiary/aromatic N) is 1. The van der Waals surface area contributed by atoms with Crippen LogP contribution in [0.1, 0.15) is 39.5 Å². The van der Waals surface area contributed by atoms with Gasteiger partial charge >= 0.3 is 0 Å². The summed E-state index contributed by atoms with van der Waals surface area (Å²) in [4.78, 5) is 14.5. The van der Waals surface area contributed by atoms with Crippen LogP contribution in [-0.2, 0) is 4.79 Å². The summed E-state index contributed by atoms with van der Waals surface area (Å²) in [5.41, 5.74) is 5.65. The molecule has 1 heterocycles. The van der Waals surface area contributed by atoms with Crippen molar-refractivity contribution in [2.75, 3.05) is 0 Å². The van der Waals surface area contributed by atoms with Crippen molar-refractivity contribution in [1.82, 2.24) is 4.90 Å². The molecule has 0 aromatic heterocycles. The van der Waals surface area contributed by atoms with Crippen LogP contribution in [0, 0.1) is 0 Å². The molecule has 4 heteroatoms. The lowest BCUT2D eigenvalue weighted by atomic mass is 10.3. The van der Waals surface area contributed by atoms with Gasteiger partial charge in [0.05, 0.1) is 0 Å². The van der Waals surface area contributed by atoms with Crippen LogP contribution in [0.25, 0.3) is 0 Å². The Kier molecular flexibility index (Phi) is 4.48. The summed E-state index contributed by atoms with van der Waals surface area (Å²) in [5, 5.41) is 0. The number of carbonyl (C=O) groups excluding carboxylic acids is 1. The third-order valence-corrected chi connectivity index (χ3v) is 3.16. The maximum atomic E-state index is 11.6. The number of carbonyl (C=O) groups is 1. The highest BCUT2D eigenvalue weighted by molar-refractivity contribution is 8.03. The van der Waals surface area contributed by atoms with Gasteiger partial charge in [-0.2, -0.15) is 0 Å². The van der Waals surface area contributed by atoms with Crippen LogP contribution >= 0.6 is 11.8 Å². The average molecular weight is 214 g/mol. The van der Waals surface area contributed by atoms with E-state index in [-0.39, 0.29) is 11.4 Å². The molecule has 0 spiro atoms. The normalized spacial score (nSPS) is 21.2. The quantitative estimate of drug-likeness (QED) is 0.780. The zero-order valence-electron chi connectivity index (χ0n) is 8.82. The van der Waals surface area contributed by atoms with Gasteiger partial charge in [0.25, 0.3) is 0 Å². The molecule has 1 unspecified atom stereocenters. The topological polar surface area (TPSA) is 46.3 Å². The summed E-state index contributed by atoms with van der Waals surface area (Å²) in [5.74, 6) is 0.138. The Labute approximate surface area is 89.7 Å². The van der Waals surface area contributed by atoms with E-state index in [1.54, 1.807) is 16.7 Å². The summed E-state index contributed by atoms with van der Waals surface area (Å²) in [6.45, 7) is 4.13. The minimum atomic E-state index is -0.199. The Hall–Kier alpha value is -0.480. The number of hydrogen-bond donors (Lipinski definition) is 1. The number of allylic oxidation sites excluding steroid dienone is 1. The summed E-state index contributed by atoms with van der Waals surface area (Å²) in [6, 6.07) is 0. The molecule has 1 amide bonds. The van der Waals surface area contributed by atoms with Crippen LogP contribution in [0.4, 0.5) is 0 Å². The third kappa shape index (κ3) is 2.75. The van der Waals surface area contributed by atoms with Gasteiger partial charge in [-0.3, -0.25) is 9.69 Å². The summed E-state index contributed by atoms with van der Waals surface area (Å²) in [6.07, 6.45) is 5.50. The fraction of sp³-hybridized carbons (Fsp3) is 0.700. The first kappa shape index (κ1) is 11.6. The van der Waals surface area contributed by atoms with Gasteiger partial charge in [0.1, 0.15) is 5.50 Å². The van der Waals surface area contributed by atoms with Gasteiger partial charge < -0.3 is 5.73 Å². The molecule has 0 radical (unpaired) electrons. The first-order valence-electron chi connectivity index (χ1n) is 5.13. The molecule has 1 rings (SSSR count). The van der Waals surface area contributed by atoms with E-state index in [2.05, 4.69) is 6.92 Å². The second-order valence-electron chi connectivity index (χ2n) is 3.40. The molecular formula is C10H18N2OS. The van der Waals surface area contributed by atoms with Crippen LogP contribution in [0.15, 0.2) is 11.1 Å². The fourth-order valence-electron chi connectivity index (χ4n) is 1.40. The number of nitrogens with two attached hydrogens (primary N) is 1. The molecule has 0 aliphatic carbocycles. The van der Waals surface area contributed by atoms with Crippen LogP contribution in [-0.4, -0.2) is 16.3 Å². The predicted molar refractivity (Wildman–Crippen MR) is 60.3 cm³/mol. The van der Waals surface area contributed by atoms with Crippen LogP contribution in [0.3, 0.4) is 0 Å². The van der Waals surface area contributed by atoms with Crippen LogP contribution < -0.4 is 5.73 Å². The number of thioether (sulfide) groups is 1. The zero-order chi connectivity index (χ0) is 10.6. The van der Waals surface area contributed by atoms with Crippen LogP contribution in [0.2, 0.25) is 0 Å². The van der Waals surface area contributed by atoms with Gasteiger partial charge in [0.2, 0.25) is 5.91 Å². The molecule has 2 N–H and O–H groups in total. The minimum absolute atomic E-state index is 0.138. The highest BCUT2D eigenvalue weighted by atomic mass is 32.2. The Morgan fingerprint density at radius 1 is 1.57 bits per heavy atom. The van der Waals surface area contributed by atoms with E-state index in [1.165, 1.54) is 4.91 Å². The van der Waals surface area contributed by atoms with E-state index >= 15 is 0 Å². The van der Waals surface area contributed by atoms with Crippen molar-refractivity contribution in [2.24, 2.45) is 5.73 Å². The molecule has 14 heavy (non-hydrogen) atoms. The van der Waals surface area contributed by atoms with E-state index < -0.39 is 0 Å². The van der Waals surface area contributed by atoms with Gasteiger partial charge in [0.15, 0.2) is 0 Å². The monoisotopic (exact) mass is 214 g/mol. The smallest absolute Gasteiger partial charge is 0.228 e. The Bertz CT molecular complexity index is 240. The largest absolute Gasteiger partial charge is 0.302 e. The molecular weight excluding hydrogens is 196 g/mol. The van der Waals surface area contributed by atoms with Gasteiger partial charge in [-0.05, 0) is 12.8 Å². The minimum Gasteiger partial charge on any atom is -0.302 e. The van der Waals surface area contributed by atoms with Crippen molar-refractivity contribution in [2.45, 2.75) is 45.0 Å². The Balaban J connectivity index is 2.56.